The largest absolute Gasteiger partial charge is 0.480 e. The first kappa shape index (κ1) is 13.5. The lowest BCUT2D eigenvalue weighted by Gasteiger charge is -2.38. The Hall–Kier alpha value is -0.610. The van der Waals surface area contributed by atoms with Crippen molar-refractivity contribution >= 4 is 5.97 Å². The molecule has 4 heteroatoms. The Balaban J connectivity index is 2.41. The highest BCUT2D eigenvalue weighted by Gasteiger charge is 2.31. The lowest BCUT2D eigenvalue weighted by Crippen LogP contribution is -2.49. The van der Waals surface area contributed by atoms with Crippen LogP contribution >= 0.6 is 0 Å². The van der Waals surface area contributed by atoms with Gasteiger partial charge in [0.25, 0.3) is 0 Å². The van der Waals surface area contributed by atoms with Crippen LogP contribution in [-0.4, -0.2) is 41.1 Å². The smallest absolute Gasteiger partial charge is 0.323 e. The van der Waals surface area contributed by atoms with Gasteiger partial charge in [-0.25, -0.2) is 0 Å². The lowest BCUT2D eigenvalue weighted by atomic mass is 9.84. The summed E-state index contributed by atoms with van der Waals surface area (Å²) in [4.78, 5) is 13.2. The van der Waals surface area contributed by atoms with E-state index in [4.69, 9.17) is 10.8 Å². The summed E-state index contributed by atoms with van der Waals surface area (Å²) < 4.78 is 0. The van der Waals surface area contributed by atoms with E-state index in [0.717, 1.165) is 19.6 Å². The van der Waals surface area contributed by atoms with E-state index >= 15 is 0 Å². The molecule has 1 heterocycles. The number of hydrogen-bond acceptors (Lipinski definition) is 3. The maximum Gasteiger partial charge on any atom is 0.323 e. The van der Waals surface area contributed by atoms with Gasteiger partial charge < -0.3 is 15.7 Å². The molecule has 1 atom stereocenters. The summed E-state index contributed by atoms with van der Waals surface area (Å²) in [7, 11) is 0. The van der Waals surface area contributed by atoms with Gasteiger partial charge in [0, 0.05) is 13.1 Å². The molecule has 0 aromatic heterocycles. The van der Waals surface area contributed by atoms with E-state index in [0.29, 0.717) is 11.8 Å². The van der Waals surface area contributed by atoms with E-state index in [1.165, 1.54) is 12.8 Å². The second kappa shape index (κ2) is 4.72. The lowest BCUT2D eigenvalue weighted by molar-refractivity contribution is -0.143. The Morgan fingerprint density at radius 1 is 1.56 bits per heavy atom. The number of piperidine rings is 1. The predicted molar refractivity (Wildman–Crippen MR) is 64.3 cm³/mol. The summed E-state index contributed by atoms with van der Waals surface area (Å²) in [6.45, 7) is 9.00. The maximum absolute atomic E-state index is 10.9. The molecule has 1 rings (SSSR count). The quantitative estimate of drug-likeness (QED) is 0.761. The molecular formula is C12H24N2O2. The molecule has 94 valence electrons. The van der Waals surface area contributed by atoms with Crippen molar-refractivity contribution in [2.75, 3.05) is 19.6 Å². The fraction of sp³-hybridized carbons (Fsp3) is 0.917. The highest BCUT2D eigenvalue weighted by atomic mass is 16.4. The summed E-state index contributed by atoms with van der Waals surface area (Å²) in [5, 5.41) is 8.93. The van der Waals surface area contributed by atoms with Crippen molar-refractivity contribution in [2.45, 2.75) is 45.6 Å². The van der Waals surface area contributed by atoms with Crippen molar-refractivity contribution < 1.29 is 9.90 Å². The maximum atomic E-state index is 10.9. The third kappa shape index (κ3) is 3.76. The number of carboxylic acids is 1. The molecule has 0 aromatic carbocycles. The van der Waals surface area contributed by atoms with Crippen LogP contribution in [0.5, 0.6) is 0 Å². The summed E-state index contributed by atoms with van der Waals surface area (Å²) in [5.74, 6) is -0.913. The number of likely N-dealkylation sites (tertiary alicyclic amines) is 1. The van der Waals surface area contributed by atoms with Crippen LogP contribution < -0.4 is 5.73 Å². The molecule has 3 N–H and O–H groups in total. The number of nitrogens with zero attached hydrogens (tertiary/aromatic N) is 1. The number of rotatable bonds is 4. The normalized spacial score (nSPS) is 25.0. The molecule has 1 unspecified atom stereocenters. The molecule has 1 aliphatic rings. The van der Waals surface area contributed by atoms with Gasteiger partial charge in [-0.05, 0) is 38.1 Å². The summed E-state index contributed by atoms with van der Waals surface area (Å²) >= 11 is 0. The summed E-state index contributed by atoms with van der Waals surface area (Å²) in [6.07, 6.45) is 2.96. The van der Waals surface area contributed by atoms with Gasteiger partial charge in [-0.2, -0.15) is 0 Å². The highest BCUT2D eigenvalue weighted by Crippen LogP contribution is 2.28. The van der Waals surface area contributed by atoms with E-state index < -0.39 is 11.5 Å². The molecule has 0 bridgehead atoms. The second-order valence-electron chi connectivity index (χ2n) is 6.02. The fourth-order valence-corrected chi connectivity index (χ4v) is 2.23. The van der Waals surface area contributed by atoms with E-state index in [-0.39, 0.29) is 0 Å². The van der Waals surface area contributed by atoms with Crippen molar-refractivity contribution in [3.63, 3.8) is 0 Å². The van der Waals surface area contributed by atoms with Gasteiger partial charge in [0.15, 0.2) is 0 Å². The topological polar surface area (TPSA) is 66.6 Å². The minimum Gasteiger partial charge on any atom is -0.480 e. The van der Waals surface area contributed by atoms with Crippen LogP contribution in [0.1, 0.15) is 40.0 Å². The van der Waals surface area contributed by atoms with E-state index in [9.17, 15) is 4.79 Å². The van der Waals surface area contributed by atoms with Gasteiger partial charge >= 0.3 is 5.97 Å². The number of carbonyl (C=O) groups is 1. The standard InChI is InChI=1S/C12H24N2O2/c1-11(2)5-4-7-14(9-11)8-6-12(3,13)10(15)16/h4-9,13H2,1-3H3,(H,15,16). The molecule has 0 spiro atoms. The van der Waals surface area contributed by atoms with Crippen LogP contribution in [0.3, 0.4) is 0 Å². The van der Waals surface area contributed by atoms with Crippen LogP contribution in [0.4, 0.5) is 0 Å². The van der Waals surface area contributed by atoms with Crippen molar-refractivity contribution in [3.05, 3.63) is 0 Å². The molecule has 0 saturated carbocycles. The molecule has 1 saturated heterocycles. The number of aliphatic carboxylic acids is 1. The Morgan fingerprint density at radius 3 is 2.69 bits per heavy atom. The summed E-state index contributed by atoms with van der Waals surface area (Å²) in [6, 6.07) is 0. The SMILES string of the molecule is CC1(C)CCCN(CCC(C)(N)C(=O)O)C1. The molecule has 4 nitrogen and oxygen atoms in total. The van der Waals surface area contributed by atoms with Gasteiger partial charge in [-0.15, -0.1) is 0 Å². The van der Waals surface area contributed by atoms with Gasteiger partial charge in [-0.1, -0.05) is 13.8 Å². The van der Waals surface area contributed by atoms with Crippen molar-refractivity contribution in [3.8, 4) is 0 Å². The summed E-state index contributed by atoms with van der Waals surface area (Å²) in [5.41, 5.74) is 4.98. The van der Waals surface area contributed by atoms with Crippen LogP contribution in [-0.2, 0) is 4.79 Å². The predicted octanol–water partition coefficient (Wildman–Crippen LogP) is 1.30. The number of carboxylic acid groups (broad SMARTS) is 1. The third-order valence-corrected chi connectivity index (χ3v) is 3.42. The average Bonchev–Trinajstić information content (AvgIpc) is 2.13. The number of nitrogens with two attached hydrogens (primary N) is 1. The first-order chi connectivity index (χ1) is 7.23. The first-order valence-electron chi connectivity index (χ1n) is 5.98. The van der Waals surface area contributed by atoms with Gasteiger partial charge in [0.2, 0.25) is 0 Å². The molecule has 0 aliphatic carbocycles. The molecule has 0 radical (unpaired) electrons. The van der Waals surface area contributed by atoms with Crippen molar-refractivity contribution in [1.29, 1.82) is 0 Å². The van der Waals surface area contributed by atoms with Crippen LogP contribution in [0, 0.1) is 5.41 Å². The highest BCUT2D eigenvalue weighted by molar-refractivity contribution is 5.77. The molecule has 0 aromatic rings. The third-order valence-electron chi connectivity index (χ3n) is 3.42. The molecule has 1 aliphatic heterocycles. The Kier molecular flexibility index (Phi) is 3.97. The van der Waals surface area contributed by atoms with E-state index in [2.05, 4.69) is 18.7 Å². The van der Waals surface area contributed by atoms with Crippen molar-refractivity contribution in [1.82, 2.24) is 4.90 Å². The monoisotopic (exact) mass is 228 g/mol. The Morgan fingerprint density at radius 2 is 2.19 bits per heavy atom. The van der Waals surface area contributed by atoms with Crippen LogP contribution in [0.25, 0.3) is 0 Å². The number of hydrogen-bond donors (Lipinski definition) is 2. The fourth-order valence-electron chi connectivity index (χ4n) is 2.23. The Bertz CT molecular complexity index is 262. The minimum atomic E-state index is -1.10. The van der Waals surface area contributed by atoms with E-state index in [1.54, 1.807) is 6.92 Å². The zero-order valence-corrected chi connectivity index (χ0v) is 10.6. The minimum absolute atomic E-state index is 0.354. The molecule has 16 heavy (non-hydrogen) atoms. The van der Waals surface area contributed by atoms with Gasteiger partial charge in [-0.3, -0.25) is 4.79 Å². The van der Waals surface area contributed by atoms with Gasteiger partial charge in [0.1, 0.15) is 5.54 Å². The van der Waals surface area contributed by atoms with Crippen molar-refractivity contribution in [2.24, 2.45) is 11.1 Å². The molecule has 0 amide bonds. The molecule has 1 fully saturated rings. The van der Waals surface area contributed by atoms with E-state index in [1.807, 2.05) is 0 Å². The second-order valence-corrected chi connectivity index (χ2v) is 6.02. The zero-order chi connectivity index (χ0) is 12.4. The van der Waals surface area contributed by atoms with Crippen LogP contribution in [0.15, 0.2) is 0 Å². The first-order valence-corrected chi connectivity index (χ1v) is 5.98. The van der Waals surface area contributed by atoms with Crippen LogP contribution in [0.2, 0.25) is 0 Å². The zero-order valence-electron chi connectivity index (χ0n) is 10.6. The van der Waals surface area contributed by atoms with Gasteiger partial charge in [0.05, 0.1) is 0 Å². The molecular weight excluding hydrogens is 204 g/mol. The Labute approximate surface area is 97.8 Å². The average molecular weight is 228 g/mol.